The number of hydrogen-bond acceptors (Lipinski definition) is 2. The van der Waals surface area contributed by atoms with Crippen molar-refractivity contribution in [1.82, 2.24) is 0 Å². The van der Waals surface area contributed by atoms with E-state index in [-0.39, 0.29) is 0 Å². The fourth-order valence-electron chi connectivity index (χ4n) is 8.48. The molecule has 11 aromatic rings. The minimum absolute atomic E-state index is 0.875. The molecule has 0 radical (unpaired) electrons. The van der Waals surface area contributed by atoms with E-state index in [0.717, 1.165) is 66.1 Å². The van der Waals surface area contributed by atoms with Gasteiger partial charge in [0.1, 0.15) is 22.3 Å². The Labute approximate surface area is 299 Å². The molecule has 2 heterocycles. The monoisotopic (exact) mass is 662 g/mol. The number of fused-ring (bicyclic) bond motifs is 8. The standard InChI is InChI=1S/C50H30O2/c1-2-14-31(15-3-1)46-35-18-4-6-20-37(35)47(38-21-7-5-19-36(38)46)33-17-12-16-32(30-33)34-28-29-40(49-42-23-9-11-26-44(42)52-50(34)49)39-24-13-27-45-48(39)41-22-8-10-25-43(41)51-45/h1-30H. The normalized spacial score (nSPS) is 11.8. The summed E-state index contributed by atoms with van der Waals surface area (Å²) in [6.45, 7) is 0. The minimum Gasteiger partial charge on any atom is -0.456 e. The van der Waals surface area contributed by atoms with Crippen LogP contribution in [0.1, 0.15) is 0 Å². The van der Waals surface area contributed by atoms with E-state index in [4.69, 9.17) is 8.83 Å². The second-order valence-electron chi connectivity index (χ2n) is 13.5. The van der Waals surface area contributed by atoms with E-state index in [9.17, 15) is 0 Å². The number of furan rings is 2. The highest BCUT2D eigenvalue weighted by atomic mass is 16.3. The van der Waals surface area contributed by atoms with Crippen LogP contribution in [0.5, 0.6) is 0 Å². The highest BCUT2D eigenvalue weighted by molar-refractivity contribution is 6.23. The first-order valence-corrected chi connectivity index (χ1v) is 17.8. The largest absolute Gasteiger partial charge is 0.456 e. The first-order valence-electron chi connectivity index (χ1n) is 17.8. The summed E-state index contributed by atoms with van der Waals surface area (Å²) < 4.78 is 13.1. The second-order valence-corrected chi connectivity index (χ2v) is 13.5. The SMILES string of the molecule is c1ccc(-c2c3ccccc3c(-c3cccc(-c4ccc(-c5cccc6oc7ccccc7c56)c5c4oc4ccccc45)c3)c3ccccc23)cc1. The van der Waals surface area contributed by atoms with E-state index < -0.39 is 0 Å². The van der Waals surface area contributed by atoms with E-state index >= 15 is 0 Å². The third-order valence-corrected chi connectivity index (χ3v) is 10.7. The average molecular weight is 663 g/mol. The lowest BCUT2D eigenvalue weighted by atomic mass is 9.85. The summed E-state index contributed by atoms with van der Waals surface area (Å²) in [6, 6.07) is 64.9. The Kier molecular flexibility index (Phi) is 6.28. The zero-order valence-electron chi connectivity index (χ0n) is 28.1. The van der Waals surface area contributed by atoms with E-state index in [2.05, 4.69) is 164 Å². The summed E-state index contributed by atoms with van der Waals surface area (Å²) in [5.41, 5.74) is 12.9. The van der Waals surface area contributed by atoms with Crippen LogP contribution in [0.3, 0.4) is 0 Å². The van der Waals surface area contributed by atoms with Gasteiger partial charge in [-0.15, -0.1) is 0 Å². The van der Waals surface area contributed by atoms with Crippen molar-refractivity contribution < 1.29 is 8.83 Å². The molecule has 0 saturated carbocycles. The maximum Gasteiger partial charge on any atom is 0.143 e. The van der Waals surface area contributed by atoms with Crippen molar-refractivity contribution in [2.45, 2.75) is 0 Å². The molecule has 0 unspecified atom stereocenters. The van der Waals surface area contributed by atoms with Crippen LogP contribution in [0.15, 0.2) is 191 Å². The molecule has 9 aromatic carbocycles. The Morgan fingerprint density at radius 2 is 0.731 bits per heavy atom. The molecular weight excluding hydrogens is 633 g/mol. The topological polar surface area (TPSA) is 26.3 Å². The van der Waals surface area contributed by atoms with Gasteiger partial charge in [-0.1, -0.05) is 152 Å². The van der Waals surface area contributed by atoms with Crippen LogP contribution in [-0.4, -0.2) is 0 Å². The van der Waals surface area contributed by atoms with Gasteiger partial charge < -0.3 is 8.83 Å². The van der Waals surface area contributed by atoms with Crippen LogP contribution in [0.4, 0.5) is 0 Å². The number of hydrogen-bond donors (Lipinski definition) is 0. The van der Waals surface area contributed by atoms with Crippen molar-refractivity contribution >= 4 is 65.4 Å². The molecule has 0 fully saturated rings. The van der Waals surface area contributed by atoms with Crippen LogP contribution >= 0.6 is 0 Å². The molecule has 2 aromatic heterocycles. The number of para-hydroxylation sites is 2. The Balaban J connectivity index is 1.17. The lowest BCUT2D eigenvalue weighted by molar-refractivity contribution is 0.668. The van der Waals surface area contributed by atoms with Gasteiger partial charge >= 0.3 is 0 Å². The molecule has 2 nitrogen and oxygen atoms in total. The first kappa shape index (κ1) is 28.9. The van der Waals surface area contributed by atoms with Gasteiger partial charge in [0.15, 0.2) is 0 Å². The summed E-state index contributed by atoms with van der Waals surface area (Å²) in [5, 5.41) is 9.42. The molecule has 0 bridgehead atoms. The van der Waals surface area contributed by atoms with E-state index in [0.29, 0.717) is 0 Å². The molecule has 11 rings (SSSR count). The van der Waals surface area contributed by atoms with E-state index in [1.54, 1.807) is 0 Å². The average Bonchev–Trinajstić information content (AvgIpc) is 3.79. The summed E-state index contributed by atoms with van der Waals surface area (Å²) in [6.07, 6.45) is 0. The van der Waals surface area contributed by atoms with Gasteiger partial charge in [0.25, 0.3) is 0 Å². The van der Waals surface area contributed by atoms with Gasteiger partial charge in [-0.05, 0) is 90.8 Å². The maximum atomic E-state index is 6.81. The summed E-state index contributed by atoms with van der Waals surface area (Å²) in [4.78, 5) is 0. The van der Waals surface area contributed by atoms with Crippen LogP contribution in [0.25, 0.3) is 110 Å². The second kappa shape index (κ2) is 11.3. The van der Waals surface area contributed by atoms with E-state index in [1.165, 1.54) is 43.8 Å². The summed E-state index contributed by atoms with van der Waals surface area (Å²) >= 11 is 0. The molecule has 0 aliphatic rings. The van der Waals surface area contributed by atoms with Gasteiger partial charge in [0, 0.05) is 27.1 Å². The van der Waals surface area contributed by atoms with Crippen molar-refractivity contribution in [2.24, 2.45) is 0 Å². The molecule has 2 heteroatoms. The van der Waals surface area contributed by atoms with Gasteiger partial charge in [-0.3, -0.25) is 0 Å². The van der Waals surface area contributed by atoms with Crippen molar-refractivity contribution in [1.29, 1.82) is 0 Å². The lowest BCUT2D eigenvalue weighted by Gasteiger charge is -2.18. The van der Waals surface area contributed by atoms with Crippen molar-refractivity contribution in [3.05, 3.63) is 182 Å². The highest BCUT2D eigenvalue weighted by Crippen LogP contribution is 2.47. The Morgan fingerprint density at radius 3 is 1.42 bits per heavy atom. The Bertz CT molecular complexity index is 3120. The minimum atomic E-state index is 0.875. The zero-order valence-corrected chi connectivity index (χ0v) is 28.1. The zero-order chi connectivity index (χ0) is 34.2. The number of rotatable bonds is 4. The van der Waals surface area contributed by atoms with Crippen LogP contribution in [0.2, 0.25) is 0 Å². The third kappa shape index (κ3) is 4.25. The molecule has 52 heavy (non-hydrogen) atoms. The van der Waals surface area contributed by atoms with Crippen molar-refractivity contribution in [3.8, 4) is 44.5 Å². The lowest BCUT2D eigenvalue weighted by Crippen LogP contribution is -1.91. The van der Waals surface area contributed by atoms with Crippen molar-refractivity contribution in [2.75, 3.05) is 0 Å². The summed E-state index contributed by atoms with van der Waals surface area (Å²) in [5.74, 6) is 0. The highest BCUT2D eigenvalue weighted by Gasteiger charge is 2.21. The molecule has 0 saturated heterocycles. The van der Waals surface area contributed by atoms with Gasteiger partial charge in [-0.25, -0.2) is 0 Å². The van der Waals surface area contributed by atoms with Gasteiger partial charge in [0.2, 0.25) is 0 Å². The van der Waals surface area contributed by atoms with Crippen LogP contribution in [0, 0.1) is 0 Å². The first-order chi connectivity index (χ1) is 25.8. The quantitative estimate of drug-likeness (QED) is 0.175. The van der Waals surface area contributed by atoms with Crippen molar-refractivity contribution in [3.63, 3.8) is 0 Å². The summed E-state index contributed by atoms with van der Waals surface area (Å²) in [7, 11) is 0. The fourth-order valence-corrected chi connectivity index (χ4v) is 8.48. The molecule has 0 amide bonds. The maximum absolute atomic E-state index is 6.81. The number of benzene rings is 9. The molecule has 0 aliphatic carbocycles. The predicted octanol–water partition coefficient (Wildman–Crippen LogP) is 14.5. The smallest absolute Gasteiger partial charge is 0.143 e. The molecule has 0 N–H and O–H groups in total. The van der Waals surface area contributed by atoms with E-state index in [1.807, 2.05) is 18.2 Å². The Morgan fingerprint density at radius 1 is 0.269 bits per heavy atom. The molecular formula is C50H30O2. The predicted molar refractivity (Wildman–Crippen MR) is 218 cm³/mol. The Hall–Kier alpha value is -6.90. The molecule has 242 valence electrons. The van der Waals surface area contributed by atoms with Crippen LogP contribution in [-0.2, 0) is 0 Å². The van der Waals surface area contributed by atoms with Gasteiger partial charge in [-0.2, -0.15) is 0 Å². The molecule has 0 spiro atoms. The van der Waals surface area contributed by atoms with Crippen LogP contribution < -0.4 is 0 Å². The molecule has 0 atom stereocenters. The molecule has 0 aliphatic heterocycles. The third-order valence-electron chi connectivity index (χ3n) is 10.7. The fraction of sp³-hybridized carbons (Fsp3) is 0. The van der Waals surface area contributed by atoms with Gasteiger partial charge in [0.05, 0.1) is 0 Å².